The summed E-state index contributed by atoms with van der Waals surface area (Å²) in [4.78, 5) is 2.64. The average molecular weight is 259 g/mol. The largest absolute Gasteiger partial charge is 0.377 e. The van der Waals surface area contributed by atoms with Crippen molar-refractivity contribution in [3.8, 4) is 0 Å². The number of fused-ring (bicyclic) bond motifs is 1. The second kappa shape index (κ2) is 5.14. The first-order valence-electron chi connectivity index (χ1n) is 7.52. The van der Waals surface area contributed by atoms with Crippen LogP contribution in [0.4, 0.5) is 5.69 Å². The molecule has 2 atom stereocenters. The van der Waals surface area contributed by atoms with Gasteiger partial charge in [0.25, 0.3) is 0 Å². The van der Waals surface area contributed by atoms with E-state index in [9.17, 15) is 0 Å². The first-order chi connectivity index (χ1) is 9.23. The predicted molar refractivity (Wildman–Crippen MR) is 80.4 cm³/mol. The zero-order chi connectivity index (χ0) is 13.3. The van der Waals surface area contributed by atoms with Crippen molar-refractivity contribution < 1.29 is 0 Å². The maximum absolute atomic E-state index is 6.17. The molecular weight excluding hydrogens is 234 g/mol. The van der Waals surface area contributed by atoms with Crippen molar-refractivity contribution in [1.82, 2.24) is 4.90 Å². The third-order valence-corrected chi connectivity index (χ3v) is 4.87. The van der Waals surface area contributed by atoms with E-state index in [-0.39, 0.29) is 5.54 Å². The summed E-state index contributed by atoms with van der Waals surface area (Å²) in [5.41, 5.74) is 8.77. The Labute approximate surface area is 116 Å². The molecule has 19 heavy (non-hydrogen) atoms. The number of anilines is 1. The molecule has 104 valence electrons. The quantitative estimate of drug-likeness (QED) is 0.875. The molecule has 0 amide bonds. The minimum absolute atomic E-state index is 0.0776. The zero-order valence-electron chi connectivity index (χ0n) is 11.9. The lowest BCUT2D eigenvalue weighted by Gasteiger charge is -2.41. The minimum Gasteiger partial charge on any atom is -0.377 e. The van der Waals surface area contributed by atoms with E-state index in [4.69, 9.17) is 5.73 Å². The van der Waals surface area contributed by atoms with E-state index >= 15 is 0 Å². The Bertz CT molecular complexity index is 445. The van der Waals surface area contributed by atoms with Crippen LogP contribution in [-0.2, 0) is 0 Å². The first kappa shape index (κ1) is 12.9. The molecule has 2 saturated heterocycles. The average Bonchev–Trinajstić information content (AvgIpc) is 2.79. The van der Waals surface area contributed by atoms with Crippen molar-refractivity contribution in [2.24, 2.45) is 5.73 Å². The Morgan fingerprint density at radius 3 is 3.05 bits per heavy atom. The summed E-state index contributed by atoms with van der Waals surface area (Å²) in [6, 6.07) is 9.27. The molecule has 0 spiro atoms. The third kappa shape index (κ3) is 2.37. The molecule has 0 saturated carbocycles. The number of nitrogens with one attached hydrogen (secondary N) is 1. The van der Waals surface area contributed by atoms with Gasteiger partial charge in [0.15, 0.2) is 0 Å². The summed E-state index contributed by atoms with van der Waals surface area (Å²) < 4.78 is 0. The predicted octanol–water partition coefficient (Wildman–Crippen LogP) is 2.36. The van der Waals surface area contributed by atoms with Gasteiger partial charge in [-0.2, -0.15) is 0 Å². The summed E-state index contributed by atoms with van der Waals surface area (Å²) >= 11 is 0. The van der Waals surface area contributed by atoms with E-state index < -0.39 is 0 Å². The topological polar surface area (TPSA) is 41.3 Å². The molecular formula is C16H25N3. The maximum atomic E-state index is 6.17. The van der Waals surface area contributed by atoms with Crippen molar-refractivity contribution in [2.75, 3.05) is 25.0 Å². The van der Waals surface area contributed by atoms with Crippen LogP contribution in [-0.4, -0.2) is 36.1 Å². The summed E-state index contributed by atoms with van der Waals surface area (Å²) in [7, 11) is 0. The van der Waals surface area contributed by atoms with Gasteiger partial charge in [0.05, 0.1) is 5.54 Å². The highest BCUT2D eigenvalue weighted by Crippen LogP contribution is 2.37. The molecule has 0 aromatic heterocycles. The summed E-state index contributed by atoms with van der Waals surface area (Å²) in [6.07, 6.45) is 5.15. The van der Waals surface area contributed by atoms with Crippen molar-refractivity contribution in [2.45, 2.75) is 44.2 Å². The molecule has 2 heterocycles. The second-order valence-electron chi connectivity index (χ2n) is 6.15. The van der Waals surface area contributed by atoms with Crippen molar-refractivity contribution >= 4 is 5.69 Å². The van der Waals surface area contributed by atoms with Crippen molar-refractivity contribution in [3.05, 3.63) is 29.8 Å². The van der Waals surface area contributed by atoms with Crippen molar-refractivity contribution in [1.29, 1.82) is 0 Å². The van der Waals surface area contributed by atoms with Crippen LogP contribution in [0.25, 0.3) is 0 Å². The highest BCUT2D eigenvalue weighted by molar-refractivity contribution is 5.49. The summed E-state index contributed by atoms with van der Waals surface area (Å²) in [6.45, 7) is 5.31. The van der Waals surface area contributed by atoms with Crippen LogP contribution in [0.5, 0.6) is 0 Å². The highest BCUT2D eigenvalue weighted by atomic mass is 15.3. The molecule has 3 N–H and O–H groups in total. The molecule has 1 aromatic rings. The SMILES string of the molecule is Cc1cccc(NC2(CN)CCN3CCCCC32)c1. The molecule has 1 aromatic carbocycles. The standard InChI is InChI=1S/C16H25N3/c1-13-5-4-6-14(11-13)18-16(12-17)8-10-19-9-3-2-7-15(16)19/h4-6,11,15,18H,2-3,7-10,12,17H2,1H3. The molecule has 0 radical (unpaired) electrons. The third-order valence-electron chi connectivity index (χ3n) is 4.87. The number of aryl methyl sites for hydroxylation is 1. The molecule has 2 fully saturated rings. The molecule has 2 unspecified atom stereocenters. The Balaban J connectivity index is 1.83. The number of hydrogen-bond donors (Lipinski definition) is 2. The van der Waals surface area contributed by atoms with Gasteiger partial charge < -0.3 is 11.1 Å². The number of nitrogens with two attached hydrogens (primary N) is 1. The number of rotatable bonds is 3. The lowest BCUT2D eigenvalue weighted by molar-refractivity contribution is 0.167. The van der Waals surface area contributed by atoms with Crippen LogP contribution in [0.2, 0.25) is 0 Å². The van der Waals surface area contributed by atoms with Gasteiger partial charge in [-0.25, -0.2) is 0 Å². The van der Waals surface area contributed by atoms with Crippen LogP contribution < -0.4 is 11.1 Å². The van der Waals surface area contributed by atoms with Gasteiger partial charge in [-0.05, 0) is 50.4 Å². The van der Waals surface area contributed by atoms with Gasteiger partial charge >= 0.3 is 0 Å². The van der Waals surface area contributed by atoms with Crippen LogP contribution in [0.15, 0.2) is 24.3 Å². The zero-order valence-corrected chi connectivity index (χ0v) is 11.9. The number of nitrogens with zero attached hydrogens (tertiary/aromatic N) is 1. The fourth-order valence-electron chi connectivity index (χ4n) is 3.84. The Hall–Kier alpha value is -1.06. The lowest BCUT2D eigenvalue weighted by Crippen LogP contribution is -2.56. The van der Waals surface area contributed by atoms with Gasteiger partial charge in [0.1, 0.15) is 0 Å². The van der Waals surface area contributed by atoms with E-state index in [1.165, 1.54) is 50.0 Å². The van der Waals surface area contributed by atoms with Crippen LogP contribution in [0.1, 0.15) is 31.2 Å². The molecule has 3 rings (SSSR count). The van der Waals surface area contributed by atoms with Crippen LogP contribution in [0, 0.1) is 6.92 Å². The number of benzene rings is 1. The van der Waals surface area contributed by atoms with Gasteiger partial charge in [0, 0.05) is 24.8 Å². The number of hydrogen-bond acceptors (Lipinski definition) is 3. The Morgan fingerprint density at radius 1 is 1.37 bits per heavy atom. The second-order valence-corrected chi connectivity index (χ2v) is 6.15. The van der Waals surface area contributed by atoms with Crippen LogP contribution in [0.3, 0.4) is 0 Å². The maximum Gasteiger partial charge on any atom is 0.0662 e. The van der Waals surface area contributed by atoms with E-state index in [0.717, 1.165) is 6.54 Å². The molecule has 2 aliphatic rings. The van der Waals surface area contributed by atoms with E-state index in [1.807, 2.05) is 0 Å². The molecule has 3 heteroatoms. The fraction of sp³-hybridized carbons (Fsp3) is 0.625. The van der Waals surface area contributed by atoms with E-state index in [2.05, 4.69) is 41.4 Å². The smallest absolute Gasteiger partial charge is 0.0662 e. The molecule has 3 nitrogen and oxygen atoms in total. The van der Waals surface area contributed by atoms with Crippen LogP contribution >= 0.6 is 0 Å². The van der Waals surface area contributed by atoms with Gasteiger partial charge in [-0.3, -0.25) is 4.90 Å². The summed E-state index contributed by atoms with van der Waals surface area (Å²) in [5.74, 6) is 0. The van der Waals surface area contributed by atoms with Crippen molar-refractivity contribution in [3.63, 3.8) is 0 Å². The monoisotopic (exact) mass is 259 g/mol. The Kier molecular flexibility index (Phi) is 3.50. The highest BCUT2D eigenvalue weighted by Gasteiger charge is 2.46. The summed E-state index contributed by atoms with van der Waals surface area (Å²) in [5, 5.41) is 3.78. The van der Waals surface area contributed by atoms with E-state index in [1.54, 1.807) is 0 Å². The molecule has 0 bridgehead atoms. The van der Waals surface area contributed by atoms with Gasteiger partial charge in [0.2, 0.25) is 0 Å². The molecule has 0 aliphatic carbocycles. The molecule has 2 aliphatic heterocycles. The number of piperidine rings is 1. The minimum atomic E-state index is 0.0776. The van der Waals surface area contributed by atoms with E-state index in [0.29, 0.717) is 6.04 Å². The lowest BCUT2D eigenvalue weighted by atomic mass is 9.85. The van der Waals surface area contributed by atoms with Gasteiger partial charge in [-0.1, -0.05) is 18.6 Å². The first-order valence-corrected chi connectivity index (χ1v) is 7.52. The van der Waals surface area contributed by atoms with Gasteiger partial charge in [-0.15, -0.1) is 0 Å². The Morgan fingerprint density at radius 2 is 2.26 bits per heavy atom. The fourth-order valence-corrected chi connectivity index (χ4v) is 3.84. The normalized spacial score (nSPS) is 31.2.